The fraction of sp³-hybridized carbons (Fsp3) is 0.600. The van der Waals surface area contributed by atoms with E-state index in [1.165, 1.54) is 12.1 Å². The molecule has 1 unspecified atom stereocenters. The van der Waals surface area contributed by atoms with Crippen LogP contribution in [0.3, 0.4) is 0 Å². The van der Waals surface area contributed by atoms with Gasteiger partial charge in [-0.25, -0.2) is 13.1 Å². The summed E-state index contributed by atoms with van der Waals surface area (Å²) in [5.74, 6) is 1.04. The van der Waals surface area contributed by atoms with E-state index in [0.29, 0.717) is 31.3 Å². The van der Waals surface area contributed by atoms with Crippen molar-refractivity contribution in [2.24, 2.45) is 0 Å². The number of rotatable bonds is 6. The van der Waals surface area contributed by atoms with Gasteiger partial charge in [-0.1, -0.05) is 0 Å². The molecule has 9 heteroatoms. The number of benzene rings is 1. The van der Waals surface area contributed by atoms with E-state index in [0.717, 1.165) is 19.4 Å². The largest absolute Gasteiger partial charge is 0.486 e. The lowest BCUT2D eigenvalue weighted by Gasteiger charge is -2.29. The van der Waals surface area contributed by atoms with Crippen molar-refractivity contribution in [3.05, 3.63) is 18.2 Å². The maximum Gasteiger partial charge on any atom is 0.240 e. The Morgan fingerprint density at radius 2 is 2.04 bits per heavy atom. The molecule has 1 aromatic carbocycles. The van der Waals surface area contributed by atoms with E-state index in [1.54, 1.807) is 13.2 Å². The maximum absolute atomic E-state index is 12.5. The summed E-state index contributed by atoms with van der Waals surface area (Å²) in [4.78, 5) is 0.173. The molecule has 2 aliphatic heterocycles. The molecule has 0 spiro atoms. The van der Waals surface area contributed by atoms with Gasteiger partial charge in [0.15, 0.2) is 11.5 Å². The second-order valence-corrected chi connectivity index (χ2v) is 7.64. The third-order valence-electron chi connectivity index (χ3n) is 4.18. The molecular formula is C15H23ClN2O5S. The van der Waals surface area contributed by atoms with E-state index < -0.39 is 10.0 Å². The Bertz CT molecular complexity index is 662. The second kappa shape index (κ2) is 7.88. The van der Waals surface area contributed by atoms with Gasteiger partial charge in [-0.2, -0.15) is 0 Å². The lowest BCUT2D eigenvalue weighted by Crippen LogP contribution is -2.52. The molecule has 2 N–H and O–H groups in total. The summed E-state index contributed by atoms with van der Waals surface area (Å²) in [5.41, 5.74) is -0.338. The van der Waals surface area contributed by atoms with Gasteiger partial charge in [0, 0.05) is 19.7 Å². The zero-order valence-corrected chi connectivity index (χ0v) is 15.2. The molecule has 0 aliphatic carbocycles. The number of sulfonamides is 1. The summed E-state index contributed by atoms with van der Waals surface area (Å²) >= 11 is 0. The van der Waals surface area contributed by atoms with Gasteiger partial charge in [0.2, 0.25) is 10.0 Å². The highest BCUT2D eigenvalue weighted by molar-refractivity contribution is 7.89. The molecule has 1 aromatic rings. The van der Waals surface area contributed by atoms with Crippen molar-refractivity contribution in [1.82, 2.24) is 10.0 Å². The fourth-order valence-electron chi connectivity index (χ4n) is 2.98. The Morgan fingerprint density at radius 3 is 2.71 bits per heavy atom. The number of hydrogen-bond acceptors (Lipinski definition) is 6. The predicted octanol–water partition coefficient (Wildman–Crippen LogP) is 0.926. The van der Waals surface area contributed by atoms with Crippen LogP contribution in [0.25, 0.3) is 0 Å². The minimum Gasteiger partial charge on any atom is -0.486 e. The molecule has 1 saturated heterocycles. The predicted molar refractivity (Wildman–Crippen MR) is 91.7 cm³/mol. The van der Waals surface area contributed by atoms with Gasteiger partial charge in [0.1, 0.15) is 13.2 Å². The van der Waals surface area contributed by atoms with Crippen molar-refractivity contribution < 1.29 is 22.6 Å². The van der Waals surface area contributed by atoms with Gasteiger partial charge in [-0.05, 0) is 31.5 Å². The average molecular weight is 379 g/mol. The third-order valence-corrected chi connectivity index (χ3v) is 5.58. The fourth-order valence-corrected chi connectivity index (χ4v) is 4.12. The van der Waals surface area contributed by atoms with E-state index in [1.807, 2.05) is 0 Å². The molecule has 0 amide bonds. The number of methoxy groups -OCH3 is 1. The molecular weight excluding hydrogens is 356 g/mol. The Kier molecular flexibility index (Phi) is 6.33. The van der Waals surface area contributed by atoms with Gasteiger partial charge >= 0.3 is 0 Å². The second-order valence-electron chi connectivity index (χ2n) is 5.87. The Hall–Kier alpha value is -1.06. The highest BCUT2D eigenvalue weighted by Crippen LogP contribution is 2.32. The third kappa shape index (κ3) is 4.12. The van der Waals surface area contributed by atoms with Crippen molar-refractivity contribution >= 4 is 22.4 Å². The smallest absolute Gasteiger partial charge is 0.240 e. The average Bonchev–Trinajstić information content (AvgIpc) is 3.02. The van der Waals surface area contributed by atoms with Crippen molar-refractivity contribution in [2.75, 3.05) is 40.0 Å². The summed E-state index contributed by atoms with van der Waals surface area (Å²) < 4.78 is 43.9. The van der Waals surface area contributed by atoms with E-state index in [-0.39, 0.29) is 29.4 Å². The minimum atomic E-state index is -3.62. The Labute approximate surface area is 148 Å². The number of nitrogens with one attached hydrogen (secondary N) is 2. The van der Waals surface area contributed by atoms with E-state index in [4.69, 9.17) is 14.2 Å². The molecule has 1 atom stereocenters. The zero-order chi connectivity index (χ0) is 16.3. The summed E-state index contributed by atoms with van der Waals surface area (Å²) in [6, 6.07) is 4.66. The molecule has 0 aromatic heterocycles. The van der Waals surface area contributed by atoms with Crippen molar-refractivity contribution in [3.63, 3.8) is 0 Å². The van der Waals surface area contributed by atoms with Gasteiger partial charge < -0.3 is 19.5 Å². The summed E-state index contributed by atoms with van der Waals surface area (Å²) in [6.07, 6.45) is 1.89. The van der Waals surface area contributed by atoms with E-state index in [9.17, 15) is 8.42 Å². The van der Waals surface area contributed by atoms with Gasteiger partial charge in [-0.15, -0.1) is 12.4 Å². The highest BCUT2D eigenvalue weighted by atomic mass is 35.5. The van der Waals surface area contributed by atoms with Crippen LogP contribution in [-0.2, 0) is 14.8 Å². The first-order valence-corrected chi connectivity index (χ1v) is 9.16. The monoisotopic (exact) mass is 378 g/mol. The lowest BCUT2D eigenvalue weighted by molar-refractivity contribution is 0.122. The highest BCUT2D eigenvalue weighted by Gasteiger charge is 2.35. The summed E-state index contributed by atoms with van der Waals surface area (Å²) in [7, 11) is -2.00. The van der Waals surface area contributed by atoms with Crippen LogP contribution in [-0.4, -0.2) is 54.0 Å². The molecule has 0 saturated carbocycles. The molecule has 0 bridgehead atoms. The standard InChI is InChI=1S/C15H22N2O5S.ClH/c1-20-11-15(5-2-6-16-15)10-17-23(18,19)12-3-4-13-14(9-12)22-8-7-21-13;/h3-4,9,16-17H,2,5-8,10-11H2,1H3;1H. The molecule has 2 heterocycles. The number of ether oxygens (including phenoxy) is 3. The number of fused-ring (bicyclic) bond motifs is 1. The minimum absolute atomic E-state index is 0. The molecule has 136 valence electrons. The first kappa shape index (κ1) is 19.3. The number of halogens is 1. The van der Waals surface area contributed by atoms with Gasteiger partial charge in [0.05, 0.1) is 17.0 Å². The van der Waals surface area contributed by atoms with Crippen LogP contribution in [0.2, 0.25) is 0 Å². The molecule has 0 radical (unpaired) electrons. The SMILES string of the molecule is COCC1(CNS(=O)(=O)c2ccc3c(c2)OCCO3)CCCN1.Cl. The van der Waals surface area contributed by atoms with Crippen LogP contribution in [0, 0.1) is 0 Å². The van der Waals surface area contributed by atoms with Crippen molar-refractivity contribution in [2.45, 2.75) is 23.3 Å². The van der Waals surface area contributed by atoms with Crippen LogP contribution >= 0.6 is 12.4 Å². The molecule has 2 aliphatic rings. The Morgan fingerprint density at radius 1 is 1.29 bits per heavy atom. The zero-order valence-electron chi connectivity index (χ0n) is 13.5. The molecule has 1 fully saturated rings. The summed E-state index contributed by atoms with van der Waals surface area (Å²) in [5, 5.41) is 3.35. The van der Waals surface area contributed by atoms with Gasteiger partial charge in [0.25, 0.3) is 0 Å². The van der Waals surface area contributed by atoms with Crippen molar-refractivity contribution in [3.8, 4) is 11.5 Å². The van der Waals surface area contributed by atoms with Gasteiger partial charge in [-0.3, -0.25) is 0 Å². The van der Waals surface area contributed by atoms with Crippen LogP contribution in [0.1, 0.15) is 12.8 Å². The first-order valence-electron chi connectivity index (χ1n) is 7.68. The lowest BCUT2D eigenvalue weighted by atomic mass is 9.99. The van der Waals surface area contributed by atoms with Crippen LogP contribution in [0.5, 0.6) is 11.5 Å². The first-order chi connectivity index (χ1) is 11.0. The van der Waals surface area contributed by atoms with E-state index >= 15 is 0 Å². The molecule has 7 nitrogen and oxygen atoms in total. The molecule has 24 heavy (non-hydrogen) atoms. The normalized spacial score (nSPS) is 22.9. The van der Waals surface area contributed by atoms with Crippen molar-refractivity contribution in [1.29, 1.82) is 0 Å². The topological polar surface area (TPSA) is 85.9 Å². The van der Waals surface area contributed by atoms with Crippen LogP contribution in [0.4, 0.5) is 0 Å². The Balaban J connectivity index is 0.00000208. The summed E-state index contributed by atoms with van der Waals surface area (Å²) in [6.45, 7) is 2.52. The number of hydrogen-bond donors (Lipinski definition) is 2. The maximum atomic E-state index is 12.5. The van der Waals surface area contributed by atoms with Crippen LogP contribution < -0.4 is 19.5 Å². The van der Waals surface area contributed by atoms with E-state index in [2.05, 4.69) is 10.0 Å². The molecule has 3 rings (SSSR count). The van der Waals surface area contributed by atoms with Crippen LogP contribution in [0.15, 0.2) is 23.1 Å². The quantitative estimate of drug-likeness (QED) is 0.765.